The van der Waals surface area contributed by atoms with E-state index in [1.807, 2.05) is 50.2 Å². The number of halogens is 2. The molecule has 0 spiro atoms. The molecule has 0 radical (unpaired) electrons. The first-order valence-electron chi connectivity index (χ1n) is 11.8. The molecule has 182 valence electrons. The van der Waals surface area contributed by atoms with Crippen LogP contribution >= 0.6 is 0 Å². The van der Waals surface area contributed by atoms with Gasteiger partial charge in [-0.1, -0.05) is 23.8 Å². The molecule has 3 aromatic carbocycles. The number of fused-ring (bicyclic) bond motifs is 1. The number of anilines is 2. The molecule has 2 N–H and O–H groups in total. The molecular formula is C30H27F2N3O. The molecular weight excluding hydrogens is 456 g/mol. The monoisotopic (exact) mass is 483 g/mol. The second kappa shape index (κ2) is 9.46. The molecule has 0 saturated carbocycles. The van der Waals surface area contributed by atoms with E-state index in [1.165, 1.54) is 6.07 Å². The molecule has 4 nitrogen and oxygen atoms in total. The largest absolute Gasteiger partial charge is 0.362 e. The molecule has 1 aliphatic rings. The lowest BCUT2D eigenvalue weighted by atomic mass is 10.0. The molecule has 1 aromatic heterocycles. The maximum absolute atomic E-state index is 13.9. The van der Waals surface area contributed by atoms with Crippen LogP contribution in [-0.2, 0) is 6.54 Å². The van der Waals surface area contributed by atoms with E-state index in [1.54, 1.807) is 12.1 Å². The van der Waals surface area contributed by atoms with Crippen molar-refractivity contribution in [2.24, 2.45) is 0 Å². The van der Waals surface area contributed by atoms with Crippen molar-refractivity contribution in [1.29, 1.82) is 0 Å². The van der Waals surface area contributed by atoms with Gasteiger partial charge in [-0.25, -0.2) is 8.78 Å². The van der Waals surface area contributed by atoms with E-state index in [4.69, 9.17) is 0 Å². The standard InChI is InChI=1S/C30H27F2N3O/c1-18-5-4-6-22(11-18)30(36)34-24-8-10-29-25(15-24)23(14-28-19(2)12-20(3)33-28)17-35(29)16-21-7-9-26(31)27(32)13-21/h4-15,33H,16-17H2,1-3H3,(H,34,36)/b23-14+. The van der Waals surface area contributed by atoms with Gasteiger partial charge in [0.2, 0.25) is 0 Å². The average Bonchev–Trinajstić information content (AvgIpc) is 3.34. The summed E-state index contributed by atoms with van der Waals surface area (Å²) >= 11 is 0. The van der Waals surface area contributed by atoms with E-state index in [-0.39, 0.29) is 5.91 Å². The van der Waals surface area contributed by atoms with Gasteiger partial charge in [-0.05, 0) is 92.1 Å². The summed E-state index contributed by atoms with van der Waals surface area (Å²) in [6.45, 7) is 7.06. The van der Waals surface area contributed by atoms with Crippen LogP contribution in [0.15, 0.2) is 66.7 Å². The maximum Gasteiger partial charge on any atom is 0.255 e. The lowest BCUT2D eigenvalue weighted by Gasteiger charge is -2.19. The van der Waals surface area contributed by atoms with Crippen molar-refractivity contribution in [3.05, 3.63) is 118 Å². The number of aromatic nitrogens is 1. The molecule has 2 heterocycles. The van der Waals surface area contributed by atoms with Crippen LogP contribution in [0.4, 0.5) is 20.2 Å². The predicted molar refractivity (Wildman–Crippen MR) is 141 cm³/mol. The zero-order valence-corrected chi connectivity index (χ0v) is 20.5. The Kier molecular flexibility index (Phi) is 6.18. The Bertz CT molecular complexity index is 1500. The summed E-state index contributed by atoms with van der Waals surface area (Å²) in [6.07, 6.45) is 2.12. The SMILES string of the molecule is Cc1cccc(C(=O)Nc2ccc3c(c2)/C(=C/c2[nH]c(C)cc2C)CN3Cc2ccc(F)c(F)c2)c1. The molecule has 1 aliphatic heterocycles. The number of H-pyrrole nitrogens is 1. The van der Waals surface area contributed by atoms with E-state index in [0.717, 1.165) is 45.4 Å². The fraction of sp³-hybridized carbons (Fsp3) is 0.167. The highest BCUT2D eigenvalue weighted by molar-refractivity contribution is 6.05. The van der Waals surface area contributed by atoms with E-state index in [2.05, 4.69) is 34.3 Å². The third kappa shape index (κ3) is 4.80. The zero-order valence-electron chi connectivity index (χ0n) is 20.5. The Morgan fingerprint density at radius 3 is 2.56 bits per heavy atom. The van der Waals surface area contributed by atoms with Gasteiger partial charge < -0.3 is 15.2 Å². The van der Waals surface area contributed by atoms with Crippen molar-refractivity contribution in [2.75, 3.05) is 16.8 Å². The van der Waals surface area contributed by atoms with Crippen LogP contribution in [0.2, 0.25) is 0 Å². The van der Waals surface area contributed by atoms with Gasteiger partial charge in [-0.3, -0.25) is 4.79 Å². The summed E-state index contributed by atoms with van der Waals surface area (Å²) < 4.78 is 27.3. The highest BCUT2D eigenvalue weighted by atomic mass is 19.2. The highest BCUT2D eigenvalue weighted by Crippen LogP contribution is 2.39. The normalized spacial score (nSPS) is 13.8. The molecule has 0 saturated heterocycles. The minimum absolute atomic E-state index is 0.170. The second-order valence-electron chi connectivity index (χ2n) is 9.38. The van der Waals surface area contributed by atoms with Crippen molar-refractivity contribution >= 4 is 28.9 Å². The van der Waals surface area contributed by atoms with Gasteiger partial charge in [-0.2, -0.15) is 0 Å². The molecule has 0 atom stereocenters. The number of nitrogens with one attached hydrogen (secondary N) is 2. The van der Waals surface area contributed by atoms with Gasteiger partial charge >= 0.3 is 0 Å². The van der Waals surface area contributed by atoms with E-state index in [9.17, 15) is 13.6 Å². The van der Waals surface area contributed by atoms with Crippen molar-refractivity contribution in [3.63, 3.8) is 0 Å². The molecule has 0 bridgehead atoms. The number of aryl methyl sites for hydroxylation is 3. The molecule has 36 heavy (non-hydrogen) atoms. The Morgan fingerprint density at radius 2 is 1.83 bits per heavy atom. The van der Waals surface area contributed by atoms with E-state index >= 15 is 0 Å². The Balaban J connectivity index is 1.49. The number of carbonyl (C=O) groups is 1. The molecule has 0 aliphatic carbocycles. The van der Waals surface area contributed by atoms with Crippen LogP contribution in [0.25, 0.3) is 11.6 Å². The minimum atomic E-state index is -0.854. The third-order valence-electron chi connectivity index (χ3n) is 6.45. The summed E-state index contributed by atoms with van der Waals surface area (Å²) in [5.74, 6) is -1.88. The Morgan fingerprint density at radius 1 is 1.00 bits per heavy atom. The van der Waals surface area contributed by atoms with Gasteiger partial charge in [0.05, 0.1) is 0 Å². The first-order valence-corrected chi connectivity index (χ1v) is 11.8. The quantitative estimate of drug-likeness (QED) is 0.320. The number of benzene rings is 3. The lowest BCUT2D eigenvalue weighted by molar-refractivity contribution is 0.102. The van der Waals surface area contributed by atoms with Gasteiger partial charge in [0.25, 0.3) is 5.91 Å². The van der Waals surface area contributed by atoms with Crippen molar-refractivity contribution < 1.29 is 13.6 Å². The smallest absolute Gasteiger partial charge is 0.255 e. The third-order valence-corrected chi connectivity index (χ3v) is 6.45. The van der Waals surface area contributed by atoms with Crippen LogP contribution in [-0.4, -0.2) is 17.4 Å². The number of hydrogen-bond acceptors (Lipinski definition) is 2. The molecule has 5 rings (SSSR count). The van der Waals surface area contributed by atoms with E-state index in [0.29, 0.717) is 29.9 Å². The number of carbonyl (C=O) groups excluding carboxylic acids is 1. The first-order chi connectivity index (χ1) is 17.3. The van der Waals surface area contributed by atoms with Crippen molar-refractivity contribution in [3.8, 4) is 0 Å². The number of hydrogen-bond donors (Lipinski definition) is 2. The predicted octanol–water partition coefficient (Wildman–Crippen LogP) is 7.03. The zero-order chi connectivity index (χ0) is 25.4. The van der Waals surface area contributed by atoms with Crippen LogP contribution in [0, 0.1) is 32.4 Å². The van der Waals surface area contributed by atoms with Gasteiger partial charge in [0, 0.05) is 47.0 Å². The highest BCUT2D eigenvalue weighted by Gasteiger charge is 2.25. The van der Waals surface area contributed by atoms with Gasteiger partial charge in [0.1, 0.15) is 0 Å². The summed E-state index contributed by atoms with van der Waals surface area (Å²) in [6, 6.07) is 19.4. The minimum Gasteiger partial charge on any atom is -0.362 e. The molecule has 1 amide bonds. The summed E-state index contributed by atoms with van der Waals surface area (Å²) in [5, 5.41) is 3.01. The summed E-state index contributed by atoms with van der Waals surface area (Å²) in [5.41, 5.74) is 9.29. The van der Waals surface area contributed by atoms with Crippen LogP contribution in [0.5, 0.6) is 0 Å². The lowest BCUT2D eigenvalue weighted by Crippen LogP contribution is -2.19. The number of rotatable bonds is 5. The Hall–Kier alpha value is -4.19. The van der Waals surface area contributed by atoms with Crippen LogP contribution in [0.3, 0.4) is 0 Å². The maximum atomic E-state index is 13.9. The van der Waals surface area contributed by atoms with Crippen molar-refractivity contribution in [2.45, 2.75) is 27.3 Å². The number of aromatic amines is 1. The molecule has 4 aromatic rings. The average molecular weight is 484 g/mol. The number of amides is 1. The molecule has 0 unspecified atom stereocenters. The first kappa shape index (κ1) is 23.5. The summed E-state index contributed by atoms with van der Waals surface area (Å²) in [7, 11) is 0. The number of nitrogens with zero attached hydrogens (tertiary/aromatic N) is 1. The van der Waals surface area contributed by atoms with Crippen LogP contribution < -0.4 is 10.2 Å². The van der Waals surface area contributed by atoms with Gasteiger partial charge in [-0.15, -0.1) is 0 Å². The topological polar surface area (TPSA) is 48.1 Å². The molecule has 6 heteroatoms. The van der Waals surface area contributed by atoms with Crippen LogP contribution in [0.1, 0.15) is 44.0 Å². The summed E-state index contributed by atoms with van der Waals surface area (Å²) in [4.78, 5) is 18.4. The fourth-order valence-electron chi connectivity index (χ4n) is 4.71. The second-order valence-corrected chi connectivity index (χ2v) is 9.38. The fourth-order valence-corrected chi connectivity index (χ4v) is 4.71. The molecule has 0 fully saturated rings. The van der Waals surface area contributed by atoms with Gasteiger partial charge in [0.15, 0.2) is 11.6 Å². The van der Waals surface area contributed by atoms with E-state index < -0.39 is 11.6 Å². The van der Waals surface area contributed by atoms with Crippen molar-refractivity contribution in [1.82, 2.24) is 4.98 Å². The Labute approximate surface area is 209 Å².